The zero-order valence-electron chi connectivity index (χ0n) is 17.5. The van der Waals surface area contributed by atoms with Gasteiger partial charge in [0.2, 0.25) is 0 Å². The van der Waals surface area contributed by atoms with Crippen LogP contribution in [-0.4, -0.2) is 57.5 Å². The van der Waals surface area contributed by atoms with Gasteiger partial charge in [-0.25, -0.2) is 4.68 Å². The summed E-state index contributed by atoms with van der Waals surface area (Å²) in [5.41, 5.74) is 4.18. The van der Waals surface area contributed by atoms with Crippen molar-refractivity contribution in [2.75, 3.05) is 26.8 Å². The predicted molar refractivity (Wildman–Crippen MR) is 121 cm³/mol. The quantitative estimate of drug-likeness (QED) is 0.605. The molecule has 2 aliphatic heterocycles. The summed E-state index contributed by atoms with van der Waals surface area (Å²) in [6, 6.07) is 16.6. The lowest BCUT2D eigenvalue weighted by Gasteiger charge is -2.38. The third kappa shape index (κ3) is 4.49. The van der Waals surface area contributed by atoms with Gasteiger partial charge < -0.3 is 9.47 Å². The van der Waals surface area contributed by atoms with Crippen LogP contribution in [0.15, 0.2) is 60.9 Å². The van der Waals surface area contributed by atoms with Crippen LogP contribution in [0, 0.1) is 0 Å². The van der Waals surface area contributed by atoms with Gasteiger partial charge in [-0.1, -0.05) is 30.3 Å². The average molecular weight is 440 g/mol. The van der Waals surface area contributed by atoms with E-state index >= 15 is 0 Å². The van der Waals surface area contributed by atoms with Crippen LogP contribution in [0.25, 0.3) is 11.3 Å². The molecule has 0 saturated carbocycles. The van der Waals surface area contributed by atoms with Gasteiger partial charge in [0.1, 0.15) is 17.7 Å². The number of nitrogens with zero attached hydrogens (tertiary/aromatic N) is 5. The number of likely N-dealkylation sites (tertiary alicyclic amines) is 1. The number of piperidine rings is 1. The summed E-state index contributed by atoms with van der Waals surface area (Å²) in [7, 11) is 1.70. The Hall–Kier alpha value is -2.74. The standard InChI is InChI=1S/C23H25N5O2.ClH/c1-29-22-9-8-20(28-17-24-25-26-28)12-21(22)19-13-23(30-15-19)10-5-11-27(16-23)14-18-6-3-2-4-7-18;/h2-4,6-9,12-13,17H,5,10-11,14-16H2,1H3;1H. The molecule has 0 N–H and O–H groups in total. The van der Waals surface area contributed by atoms with Crippen molar-refractivity contribution < 1.29 is 9.47 Å². The maximum atomic E-state index is 6.41. The molecule has 8 heteroatoms. The second-order valence-electron chi connectivity index (χ2n) is 7.96. The number of tetrazole rings is 1. The van der Waals surface area contributed by atoms with Gasteiger partial charge >= 0.3 is 0 Å². The van der Waals surface area contributed by atoms with Crippen LogP contribution < -0.4 is 4.74 Å². The monoisotopic (exact) mass is 439 g/mol. The van der Waals surface area contributed by atoms with Gasteiger partial charge in [-0.2, -0.15) is 0 Å². The summed E-state index contributed by atoms with van der Waals surface area (Å²) in [6.45, 7) is 3.53. The summed E-state index contributed by atoms with van der Waals surface area (Å²) in [5, 5.41) is 11.5. The largest absolute Gasteiger partial charge is 0.496 e. The summed E-state index contributed by atoms with van der Waals surface area (Å²) in [4.78, 5) is 2.49. The second-order valence-corrected chi connectivity index (χ2v) is 7.96. The number of hydrogen-bond acceptors (Lipinski definition) is 6. The number of methoxy groups -OCH3 is 1. The average Bonchev–Trinajstić information content (AvgIpc) is 3.45. The van der Waals surface area contributed by atoms with Crippen LogP contribution >= 0.6 is 12.4 Å². The minimum Gasteiger partial charge on any atom is -0.496 e. The highest BCUT2D eigenvalue weighted by molar-refractivity contribution is 5.85. The van der Waals surface area contributed by atoms with Gasteiger partial charge in [0.05, 0.1) is 19.4 Å². The first-order valence-corrected chi connectivity index (χ1v) is 10.3. The number of benzene rings is 2. The molecule has 0 aliphatic carbocycles. The van der Waals surface area contributed by atoms with Gasteiger partial charge in [0, 0.05) is 18.7 Å². The third-order valence-corrected chi connectivity index (χ3v) is 5.91. The fourth-order valence-electron chi connectivity index (χ4n) is 4.50. The predicted octanol–water partition coefficient (Wildman–Crippen LogP) is 3.54. The molecule has 2 aromatic carbocycles. The molecule has 3 aromatic rings. The minimum atomic E-state index is -0.238. The van der Waals surface area contributed by atoms with Crippen molar-refractivity contribution in [2.24, 2.45) is 0 Å². The molecule has 1 fully saturated rings. The van der Waals surface area contributed by atoms with Gasteiger partial charge in [-0.05, 0) is 65.2 Å². The van der Waals surface area contributed by atoms with Crippen molar-refractivity contribution in [3.05, 3.63) is 72.1 Å². The Morgan fingerprint density at radius 1 is 1.16 bits per heavy atom. The van der Waals surface area contributed by atoms with Crippen LogP contribution in [0.1, 0.15) is 24.0 Å². The molecule has 0 radical (unpaired) electrons. The van der Waals surface area contributed by atoms with Crippen molar-refractivity contribution in [3.8, 4) is 11.4 Å². The van der Waals surface area contributed by atoms with Crippen molar-refractivity contribution >= 4 is 18.0 Å². The van der Waals surface area contributed by atoms with Crippen molar-refractivity contribution in [1.29, 1.82) is 0 Å². The molecule has 7 nitrogen and oxygen atoms in total. The van der Waals surface area contributed by atoms with E-state index in [9.17, 15) is 0 Å². The Kier molecular flexibility index (Phi) is 6.36. The van der Waals surface area contributed by atoms with Crippen LogP contribution in [0.3, 0.4) is 0 Å². The molecular weight excluding hydrogens is 414 g/mol. The molecule has 162 valence electrons. The molecule has 1 saturated heterocycles. The summed E-state index contributed by atoms with van der Waals surface area (Å²) in [6.07, 6.45) is 6.07. The van der Waals surface area contributed by atoms with E-state index in [1.54, 1.807) is 18.1 Å². The van der Waals surface area contributed by atoms with Gasteiger partial charge in [0.25, 0.3) is 0 Å². The molecular formula is C23H26ClN5O2. The fourth-order valence-corrected chi connectivity index (χ4v) is 4.50. The number of aromatic nitrogens is 4. The van der Waals surface area contributed by atoms with Crippen LogP contribution in [0.2, 0.25) is 0 Å². The highest BCUT2D eigenvalue weighted by atomic mass is 35.5. The number of ether oxygens (including phenoxy) is 2. The Morgan fingerprint density at radius 3 is 2.81 bits per heavy atom. The van der Waals surface area contributed by atoms with E-state index in [-0.39, 0.29) is 18.0 Å². The first-order chi connectivity index (χ1) is 14.7. The van der Waals surface area contributed by atoms with Gasteiger partial charge in [0.15, 0.2) is 0 Å². The van der Waals surface area contributed by atoms with E-state index in [1.165, 1.54) is 5.56 Å². The molecule has 1 aromatic heterocycles. The molecule has 0 bridgehead atoms. The first kappa shape index (κ1) is 21.5. The summed E-state index contributed by atoms with van der Waals surface area (Å²) >= 11 is 0. The van der Waals surface area contributed by atoms with Crippen LogP contribution in [0.5, 0.6) is 5.75 Å². The third-order valence-electron chi connectivity index (χ3n) is 5.91. The SMILES string of the molecule is COc1ccc(-n2cnnn2)cc1C1=CC2(CCCN(Cc3ccccc3)C2)OC1.Cl. The van der Waals surface area contributed by atoms with Crippen molar-refractivity contribution in [2.45, 2.75) is 25.0 Å². The summed E-state index contributed by atoms with van der Waals surface area (Å²) < 4.78 is 13.7. The molecule has 31 heavy (non-hydrogen) atoms. The fraction of sp³-hybridized carbons (Fsp3) is 0.348. The highest BCUT2D eigenvalue weighted by Crippen LogP contribution is 2.39. The van der Waals surface area contributed by atoms with Crippen molar-refractivity contribution in [1.82, 2.24) is 25.1 Å². The lowest BCUT2D eigenvalue weighted by atomic mass is 9.90. The van der Waals surface area contributed by atoms with Gasteiger partial charge in [-0.15, -0.1) is 17.5 Å². The number of hydrogen-bond donors (Lipinski definition) is 0. The van der Waals surface area contributed by atoms with E-state index < -0.39 is 0 Å². The number of halogens is 1. The zero-order chi connectivity index (χ0) is 20.4. The lowest BCUT2D eigenvalue weighted by Crippen LogP contribution is -2.46. The maximum absolute atomic E-state index is 6.41. The molecule has 1 spiro atoms. The normalized spacial score (nSPS) is 21.0. The topological polar surface area (TPSA) is 65.3 Å². The maximum Gasteiger partial charge on any atom is 0.143 e. The van der Waals surface area contributed by atoms with E-state index in [1.807, 2.05) is 12.1 Å². The van der Waals surface area contributed by atoms with Crippen LogP contribution in [-0.2, 0) is 11.3 Å². The molecule has 0 amide bonds. The van der Waals surface area contributed by atoms with E-state index in [2.05, 4.69) is 62.9 Å². The number of rotatable bonds is 5. The minimum absolute atomic E-state index is 0. The van der Waals surface area contributed by atoms with Crippen molar-refractivity contribution in [3.63, 3.8) is 0 Å². The lowest BCUT2D eigenvalue weighted by molar-refractivity contribution is -0.0328. The highest BCUT2D eigenvalue weighted by Gasteiger charge is 2.39. The molecule has 1 unspecified atom stereocenters. The molecule has 5 rings (SSSR count). The second kappa shape index (κ2) is 9.18. The molecule has 3 heterocycles. The Morgan fingerprint density at radius 2 is 2.03 bits per heavy atom. The first-order valence-electron chi connectivity index (χ1n) is 10.3. The van der Waals surface area contributed by atoms with Crippen LogP contribution in [0.4, 0.5) is 0 Å². The Labute approximate surface area is 188 Å². The Bertz CT molecular complexity index is 1040. The molecule has 2 aliphatic rings. The summed E-state index contributed by atoms with van der Waals surface area (Å²) in [5.74, 6) is 0.829. The van der Waals surface area contributed by atoms with E-state index in [0.29, 0.717) is 6.61 Å². The smallest absolute Gasteiger partial charge is 0.143 e. The zero-order valence-corrected chi connectivity index (χ0v) is 18.3. The van der Waals surface area contributed by atoms with Gasteiger partial charge in [-0.3, -0.25) is 4.90 Å². The Balaban J connectivity index is 0.00000231. The van der Waals surface area contributed by atoms with E-state index in [0.717, 1.165) is 55.0 Å². The molecule has 1 atom stereocenters. The van der Waals surface area contributed by atoms with E-state index in [4.69, 9.17) is 9.47 Å².